The van der Waals surface area contributed by atoms with E-state index in [9.17, 15) is 4.79 Å². The van der Waals surface area contributed by atoms with Crippen LogP contribution in [0.1, 0.15) is 71.4 Å². The first-order valence-electron chi connectivity index (χ1n) is 12.8. The summed E-state index contributed by atoms with van der Waals surface area (Å²) in [6.45, 7) is 10.4. The van der Waals surface area contributed by atoms with Crippen molar-refractivity contribution in [3.63, 3.8) is 0 Å². The van der Waals surface area contributed by atoms with E-state index in [1.54, 1.807) is 0 Å². The number of esters is 1. The first-order chi connectivity index (χ1) is 17.0. The molecule has 2 aromatic carbocycles. The average molecular weight is 481 g/mol. The quantitative estimate of drug-likeness (QED) is 0.376. The second-order valence-corrected chi connectivity index (χ2v) is 8.37. The Balaban J connectivity index is 0.000000779. The normalized spacial score (nSPS) is 19.4. The van der Waals surface area contributed by atoms with Gasteiger partial charge in [-0.2, -0.15) is 0 Å². The summed E-state index contributed by atoms with van der Waals surface area (Å²) in [5.41, 5.74) is 2.57. The number of carbonyl (C=O) groups is 1. The summed E-state index contributed by atoms with van der Waals surface area (Å²) < 4.78 is 16.4. The topological polar surface area (TPSA) is 44.8 Å². The van der Waals surface area contributed by atoms with Gasteiger partial charge in [0.25, 0.3) is 0 Å². The molecule has 1 aliphatic carbocycles. The van der Waals surface area contributed by atoms with E-state index in [-0.39, 0.29) is 12.1 Å². The molecule has 0 amide bonds. The molecule has 0 aromatic heterocycles. The maximum absolute atomic E-state index is 9.59. The number of aryl methyl sites for hydroxylation is 1. The van der Waals surface area contributed by atoms with E-state index in [1.165, 1.54) is 31.6 Å². The van der Waals surface area contributed by atoms with Gasteiger partial charge in [0.05, 0.1) is 7.11 Å². The number of ether oxygens (including phenoxy) is 3. The Morgan fingerprint density at radius 1 is 0.971 bits per heavy atom. The van der Waals surface area contributed by atoms with E-state index in [0.717, 1.165) is 37.2 Å². The highest BCUT2D eigenvalue weighted by Crippen LogP contribution is 2.23. The van der Waals surface area contributed by atoms with Gasteiger partial charge < -0.3 is 14.2 Å². The minimum atomic E-state index is -0.245. The van der Waals surface area contributed by atoms with Gasteiger partial charge in [0.1, 0.15) is 24.2 Å². The van der Waals surface area contributed by atoms with Gasteiger partial charge in [-0.15, -0.1) is 0 Å². The van der Waals surface area contributed by atoms with Crippen molar-refractivity contribution in [2.45, 2.75) is 79.4 Å². The van der Waals surface area contributed by atoms with Crippen LogP contribution in [0.25, 0.3) is 0 Å². The molecule has 0 heterocycles. The van der Waals surface area contributed by atoms with Gasteiger partial charge in [-0.1, -0.05) is 82.7 Å². The van der Waals surface area contributed by atoms with Gasteiger partial charge in [0.15, 0.2) is 0 Å². The van der Waals surface area contributed by atoms with Crippen LogP contribution in [-0.2, 0) is 27.3 Å². The second kappa shape index (κ2) is 18.3. The summed E-state index contributed by atoms with van der Waals surface area (Å²) in [7, 11) is 1.35. The molecule has 2 aromatic rings. The van der Waals surface area contributed by atoms with Crippen LogP contribution in [0.15, 0.2) is 78.6 Å². The molecule has 0 spiro atoms. The fourth-order valence-corrected chi connectivity index (χ4v) is 3.48. The standard InChI is InChI=1S/C26H32O2.C3H6O2.C2H6/c1-3-8-22-14-17-25(18-15-22)28-24-11-7-12-26(19-21(2)13-16-24)27-20-23-9-5-4-6-10-23;1-3(4)5-2;1-2/h4-7,9-10,12,14-15,17-19,21,24H,3,8,11,13,16,20H2,1-2H3;1-2H3;1-2H3/b12-7-,26-19+;;. The molecule has 0 bridgehead atoms. The third-order valence-electron chi connectivity index (χ3n) is 5.37. The lowest BCUT2D eigenvalue weighted by molar-refractivity contribution is -0.137. The second-order valence-electron chi connectivity index (χ2n) is 8.37. The summed E-state index contributed by atoms with van der Waals surface area (Å²) in [6, 6.07) is 18.9. The van der Waals surface area contributed by atoms with Crippen LogP contribution in [0.2, 0.25) is 0 Å². The third kappa shape index (κ3) is 13.5. The van der Waals surface area contributed by atoms with E-state index in [0.29, 0.717) is 12.5 Å². The van der Waals surface area contributed by atoms with Crippen LogP contribution >= 0.6 is 0 Å². The number of hydrogen-bond donors (Lipinski definition) is 0. The van der Waals surface area contributed by atoms with E-state index in [2.05, 4.69) is 73.2 Å². The lowest BCUT2D eigenvalue weighted by Crippen LogP contribution is -2.16. The maximum atomic E-state index is 9.59. The number of methoxy groups -OCH3 is 1. The predicted octanol–water partition coefficient (Wildman–Crippen LogP) is 8.07. The van der Waals surface area contributed by atoms with Crippen LogP contribution in [0.4, 0.5) is 0 Å². The minimum Gasteiger partial charge on any atom is -0.490 e. The highest BCUT2D eigenvalue weighted by Gasteiger charge is 2.14. The van der Waals surface area contributed by atoms with Crippen LogP contribution in [-0.4, -0.2) is 19.2 Å². The monoisotopic (exact) mass is 480 g/mol. The molecule has 0 saturated heterocycles. The molecule has 0 N–H and O–H groups in total. The summed E-state index contributed by atoms with van der Waals surface area (Å²) in [6.07, 6.45) is 12.1. The third-order valence-corrected chi connectivity index (χ3v) is 5.37. The summed E-state index contributed by atoms with van der Waals surface area (Å²) in [5, 5.41) is 0. The molecular formula is C31H44O4. The smallest absolute Gasteiger partial charge is 0.302 e. The van der Waals surface area contributed by atoms with Gasteiger partial charge in [0, 0.05) is 13.3 Å². The Labute approximate surface area is 213 Å². The Bertz CT molecular complexity index is 869. The van der Waals surface area contributed by atoms with Crippen molar-refractivity contribution in [1.82, 2.24) is 0 Å². The van der Waals surface area contributed by atoms with Crippen molar-refractivity contribution in [3.05, 3.63) is 89.7 Å². The highest BCUT2D eigenvalue weighted by atomic mass is 16.5. The molecular weight excluding hydrogens is 436 g/mol. The maximum Gasteiger partial charge on any atom is 0.302 e. The van der Waals surface area contributed by atoms with Crippen LogP contribution in [0.3, 0.4) is 0 Å². The summed E-state index contributed by atoms with van der Waals surface area (Å²) in [5.74, 6) is 2.15. The number of hydrogen-bond acceptors (Lipinski definition) is 4. The van der Waals surface area contributed by atoms with Crippen molar-refractivity contribution in [3.8, 4) is 5.75 Å². The SMILES string of the molecule is CC.CCCc1ccc(OC2C/C=C\C(OCc3ccccc3)=C/C(C)CC2)cc1.COC(C)=O. The van der Waals surface area contributed by atoms with Crippen molar-refractivity contribution in [2.75, 3.05) is 7.11 Å². The van der Waals surface area contributed by atoms with Crippen LogP contribution in [0.5, 0.6) is 5.75 Å². The Morgan fingerprint density at radius 3 is 2.23 bits per heavy atom. The van der Waals surface area contributed by atoms with E-state index >= 15 is 0 Å². The van der Waals surface area contributed by atoms with Gasteiger partial charge in [0.2, 0.25) is 0 Å². The zero-order valence-electron chi connectivity index (χ0n) is 22.5. The molecule has 35 heavy (non-hydrogen) atoms. The van der Waals surface area contributed by atoms with E-state index in [4.69, 9.17) is 9.47 Å². The van der Waals surface area contributed by atoms with E-state index in [1.807, 2.05) is 32.0 Å². The van der Waals surface area contributed by atoms with Gasteiger partial charge in [-0.05, 0) is 60.6 Å². The largest absolute Gasteiger partial charge is 0.490 e. The van der Waals surface area contributed by atoms with E-state index < -0.39 is 0 Å². The van der Waals surface area contributed by atoms with Crippen molar-refractivity contribution in [2.24, 2.45) is 5.92 Å². The molecule has 4 nitrogen and oxygen atoms in total. The van der Waals surface area contributed by atoms with Crippen molar-refractivity contribution in [1.29, 1.82) is 0 Å². The van der Waals surface area contributed by atoms with Gasteiger partial charge >= 0.3 is 5.97 Å². The Morgan fingerprint density at radius 2 is 1.63 bits per heavy atom. The molecule has 192 valence electrons. The molecule has 4 heteroatoms. The number of rotatable bonds is 7. The lowest BCUT2D eigenvalue weighted by atomic mass is 10.0. The van der Waals surface area contributed by atoms with Crippen molar-refractivity contribution >= 4 is 5.97 Å². The molecule has 0 aliphatic heterocycles. The van der Waals surface area contributed by atoms with Gasteiger partial charge in [-0.3, -0.25) is 4.79 Å². The zero-order chi connectivity index (χ0) is 25.9. The predicted molar refractivity (Wildman–Crippen MR) is 145 cm³/mol. The number of benzene rings is 2. The molecule has 2 unspecified atom stereocenters. The molecule has 0 radical (unpaired) electrons. The number of allylic oxidation sites excluding steroid dienone is 2. The Kier molecular flexibility index (Phi) is 15.7. The summed E-state index contributed by atoms with van der Waals surface area (Å²) in [4.78, 5) is 9.59. The average Bonchev–Trinajstić information content (AvgIpc) is 2.97. The van der Waals surface area contributed by atoms with Crippen LogP contribution < -0.4 is 4.74 Å². The molecule has 0 fully saturated rings. The molecule has 0 saturated carbocycles. The fraction of sp³-hybridized carbons (Fsp3) is 0.452. The minimum absolute atomic E-state index is 0.206. The summed E-state index contributed by atoms with van der Waals surface area (Å²) >= 11 is 0. The lowest BCUT2D eigenvalue weighted by Gasteiger charge is -2.19. The molecule has 1 aliphatic rings. The highest BCUT2D eigenvalue weighted by molar-refractivity contribution is 5.65. The van der Waals surface area contributed by atoms with Crippen molar-refractivity contribution < 1.29 is 19.0 Å². The first kappa shape index (κ1) is 30.0. The van der Waals surface area contributed by atoms with Gasteiger partial charge in [-0.25, -0.2) is 0 Å². The first-order valence-corrected chi connectivity index (χ1v) is 12.8. The Hall–Kier alpha value is -3.01. The number of carbonyl (C=O) groups excluding carboxylic acids is 1. The van der Waals surface area contributed by atoms with Crippen LogP contribution in [0, 0.1) is 5.92 Å². The molecule has 2 atom stereocenters. The fourth-order valence-electron chi connectivity index (χ4n) is 3.48. The molecule has 3 rings (SSSR count). The zero-order valence-corrected chi connectivity index (χ0v) is 22.5.